The van der Waals surface area contributed by atoms with Gasteiger partial charge in [-0.25, -0.2) is 9.67 Å². The normalized spacial score (nSPS) is 16.9. The molecule has 0 N–H and O–H groups in total. The summed E-state index contributed by atoms with van der Waals surface area (Å²) in [4.78, 5) is 4.65. The van der Waals surface area contributed by atoms with Gasteiger partial charge in [0, 0.05) is 5.69 Å². The van der Waals surface area contributed by atoms with E-state index in [1.54, 1.807) is 0 Å². The molecular formula is C13H12N6S. The summed E-state index contributed by atoms with van der Waals surface area (Å²) in [6.07, 6.45) is 5.41. The topological polar surface area (TPSA) is 80.3 Å². The lowest BCUT2D eigenvalue weighted by Crippen LogP contribution is -2.00. The number of hydrogen-bond donors (Lipinski definition) is 0. The molecule has 2 aliphatic rings. The number of nitrogens with zero attached hydrogens (tertiary/aromatic N) is 6. The molecule has 0 aromatic carbocycles. The third-order valence-corrected chi connectivity index (χ3v) is 4.64. The first kappa shape index (κ1) is 11.9. The number of hydrogen-bond acceptors (Lipinski definition) is 6. The Labute approximate surface area is 120 Å². The summed E-state index contributed by atoms with van der Waals surface area (Å²) in [5.74, 6) is 0. The molecule has 7 heteroatoms. The highest BCUT2D eigenvalue weighted by Gasteiger charge is 2.29. The zero-order valence-electron chi connectivity index (χ0n) is 10.8. The van der Waals surface area contributed by atoms with Crippen molar-refractivity contribution >= 4 is 11.8 Å². The molecule has 1 saturated carbocycles. The predicted octanol–water partition coefficient (Wildman–Crippen LogP) is 1.91. The molecule has 4 rings (SSSR count). The van der Waals surface area contributed by atoms with E-state index in [1.165, 1.54) is 17.3 Å². The predicted molar refractivity (Wildman–Crippen MR) is 71.2 cm³/mol. The molecular weight excluding hydrogens is 272 g/mol. The average Bonchev–Trinajstić information content (AvgIpc) is 3.03. The van der Waals surface area contributed by atoms with Crippen molar-refractivity contribution in [2.75, 3.05) is 0 Å². The Morgan fingerprint density at radius 3 is 3.05 bits per heavy atom. The van der Waals surface area contributed by atoms with Crippen LogP contribution in [0.2, 0.25) is 0 Å². The summed E-state index contributed by atoms with van der Waals surface area (Å²) in [6, 6.07) is 4.64. The molecule has 0 spiro atoms. The molecule has 1 fully saturated rings. The van der Waals surface area contributed by atoms with Crippen LogP contribution in [0.1, 0.15) is 42.1 Å². The Kier molecular flexibility index (Phi) is 2.70. The molecule has 0 atom stereocenters. The van der Waals surface area contributed by atoms with Gasteiger partial charge in [0.2, 0.25) is 5.16 Å². The van der Waals surface area contributed by atoms with Crippen LogP contribution in [0, 0.1) is 11.3 Å². The first-order valence-electron chi connectivity index (χ1n) is 6.74. The van der Waals surface area contributed by atoms with Gasteiger partial charge in [-0.3, -0.25) is 0 Å². The van der Waals surface area contributed by atoms with Gasteiger partial charge < -0.3 is 0 Å². The van der Waals surface area contributed by atoms with Gasteiger partial charge in [-0.05, 0) is 65.9 Å². The number of nitriles is 1. The Balaban J connectivity index is 1.71. The summed E-state index contributed by atoms with van der Waals surface area (Å²) in [5.41, 5.74) is 2.96. The fraction of sp³-hybridized carbons (Fsp3) is 0.462. The van der Waals surface area contributed by atoms with Gasteiger partial charge in [-0.1, -0.05) is 0 Å². The van der Waals surface area contributed by atoms with E-state index in [-0.39, 0.29) is 0 Å². The van der Waals surface area contributed by atoms with Gasteiger partial charge in [-0.2, -0.15) is 5.26 Å². The minimum absolute atomic E-state index is 0.424. The van der Waals surface area contributed by atoms with Crippen molar-refractivity contribution in [3.63, 3.8) is 0 Å². The smallest absolute Gasteiger partial charge is 0.215 e. The maximum absolute atomic E-state index is 9.31. The Morgan fingerprint density at radius 2 is 2.25 bits per heavy atom. The number of aromatic nitrogens is 5. The second-order valence-electron chi connectivity index (χ2n) is 5.15. The van der Waals surface area contributed by atoms with Gasteiger partial charge in [0.1, 0.15) is 11.1 Å². The van der Waals surface area contributed by atoms with Crippen LogP contribution in [0.25, 0.3) is 0 Å². The van der Waals surface area contributed by atoms with E-state index in [9.17, 15) is 5.26 Å². The molecule has 6 nitrogen and oxygen atoms in total. The molecule has 0 radical (unpaired) electrons. The number of rotatable bonds is 3. The van der Waals surface area contributed by atoms with Crippen LogP contribution in [0.15, 0.2) is 16.2 Å². The lowest BCUT2D eigenvalue weighted by atomic mass is 10.2. The van der Waals surface area contributed by atoms with E-state index in [2.05, 4.69) is 26.6 Å². The molecule has 0 saturated heterocycles. The number of fused-ring (bicyclic) bond motifs is 1. The molecule has 100 valence electrons. The van der Waals surface area contributed by atoms with Crippen molar-refractivity contribution in [2.45, 2.75) is 48.3 Å². The Bertz CT molecular complexity index is 712. The number of aryl methyl sites for hydroxylation is 2. The van der Waals surface area contributed by atoms with E-state index < -0.39 is 0 Å². The monoisotopic (exact) mass is 284 g/mol. The number of tetrazole rings is 1. The second kappa shape index (κ2) is 4.56. The SMILES string of the molecule is N#Cc1cc2c(nc1Sc1nnnn1C1CC1)CCC2. The molecule has 0 aliphatic heterocycles. The van der Waals surface area contributed by atoms with Crippen molar-refractivity contribution in [1.82, 2.24) is 25.2 Å². The minimum Gasteiger partial charge on any atom is -0.244 e. The van der Waals surface area contributed by atoms with Gasteiger partial charge in [0.05, 0.1) is 11.6 Å². The maximum atomic E-state index is 9.31. The average molecular weight is 284 g/mol. The van der Waals surface area contributed by atoms with Gasteiger partial charge in [-0.15, -0.1) is 5.10 Å². The molecule has 2 heterocycles. The Morgan fingerprint density at radius 1 is 1.35 bits per heavy atom. The quantitative estimate of drug-likeness (QED) is 0.856. The number of pyridine rings is 1. The van der Waals surface area contributed by atoms with Crippen LogP contribution in [0.4, 0.5) is 0 Å². The third-order valence-electron chi connectivity index (χ3n) is 3.68. The molecule has 20 heavy (non-hydrogen) atoms. The van der Waals surface area contributed by atoms with Gasteiger partial charge in [0.25, 0.3) is 0 Å². The summed E-state index contributed by atoms with van der Waals surface area (Å²) >= 11 is 1.40. The third kappa shape index (κ3) is 1.96. The van der Waals surface area contributed by atoms with Crippen LogP contribution < -0.4 is 0 Å². The van der Waals surface area contributed by atoms with Crippen molar-refractivity contribution < 1.29 is 0 Å². The first-order valence-corrected chi connectivity index (χ1v) is 7.55. The van der Waals surface area contributed by atoms with Crippen molar-refractivity contribution in [3.8, 4) is 6.07 Å². The van der Waals surface area contributed by atoms with Crippen LogP contribution >= 0.6 is 11.8 Å². The fourth-order valence-corrected chi connectivity index (χ4v) is 3.40. The molecule has 0 unspecified atom stereocenters. The molecule has 2 aliphatic carbocycles. The minimum atomic E-state index is 0.424. The zero-order valence-corrected chi connectivity index (χ0v) is 11.6. The summed E-state index contributed by atoms with van der Waals surface area (Å²) in [7, 11) is 0. The van der Waals surface area contributed by atoms with Gasteiger partial charge in [0.15, 0.2) is 0 Å². The lowest BCUT2D eigenvalue weighted by molar-refractivity contribution is 0.565. The lowest BCUT2D eigenvalue weighted by Gasteiger charge is -2.06. The molecule has 2 aromatic heterocycles. The van der Waals surface area contributed by atoms with Crippen LogP contribution in [0.5, 0.6) is 0 Å². The van der Waals surface area contributed by atoms with E-state index >= 15 is 0 Å². The zero-order chi connectivity index (χ0) is 13.5. The molecule has 0 bridgehead atoms. The van der Waals surface area contributed by atoms with E-state index in [1.807, 2.05) is 10.7 Å². The van der Waals surface area contributed by atoms with Crippen molar-refractivity contribution in [3.05, 3.63) is 22.9 Å². The molecule has 0 amide bonds. The van der Waals surface area contributed by atoms with E-state index in [0.29, 0.717) is 11.6 Å². The van der Waals surface area contributed by atoms with E-state index in [4.69, 9.17) is 0 Å². The van der Waals surface area contributed by atoms with Gasteiger partial charge >= 0.3 is 0 Å². The van der Waals surface area contributed by atoms with Crippen LogP contribution in [-0.4, -0.2) is 25.2 Å². The standard InChI is InChI=1S/C13H12N6S/c14-7-9-6-8-2-1-3-11(8)15-12(9)20-13-16-17-18-19(13)10-4-5-10/h6,10H,1-5H2. The highest BCUT2D eigenvalue weighted by Crippen LogP contribution is 2.38. The summed E-state index contributed by atoms with van der Waals surface area (Å²) in [6.45, 7) is 0. The second-order valence-corrected chi connectivity index (χ2v) is 6.11. The highest BCUT2D eigenvalue weighted by atomic mass is 32.2. The van der Waals surface area contributed by atoms with Crippen molar-refractivity contribution in [1.29, 1.82) is 5.26 Å². The van der Waals surface area contributed by atoms with Crippen LogP contribution in [-0.2, 0) is 12.8 Å². The Hall–Kier alpha value is -1.94. The van der Waals surface area contributed by atoms with Crippen LogP contribution in [0.3, 0.4) is 0 Å². The largest absolute Gasteiger partial charge is 0.244 e. The summed E-state index contributed by atoms with van der Waals surface area (Å²) < 4.78 is 1.85. The summed E-state index contributed by atoms with van der Waals surface area (Å²) in [5, 5.41) is 22.6. The fourth-order valence-electron chi connectivity index (χ4n) is 2.50. The molecule has 2 aromatic rings. The first-order chi connectivity index (χ1) is 9.85. The van der Waals surface area contributed by atoms with Crippen molar-refractivity contribution in [2.24, 2.45) is 0 Å². The van der Waals surface area contributed by atoms with E-state index in [0.717, 1.165) is 48.0 Å². The highest BCUT2D eigenvalue weighted by molar-refractivity contribution is 7.99. The maximum Gasteiger partial charge on any atom is 0.215 e.